The number of aromatic nitrogens is 1. The van der Waals surface area contributed by atoms with E-state index >= 15 is 0 Å². The standard InChI is InChI=1S/C8H14N4/c1-4-6(3-9)8(11)12-5(2)7(4)10/h3,9-10H2,1-2H3,(H2,11,12). The molecule has 1 aromatic heterocycles. The minimum absolute atomic E-state index is 0.384. The minimum atomic E-state index is 0.384. The summed E-state index contributed by atoms with van der Waals surface area (Å²) in [6.07, 6.45) is 0. The summed E-state index contributed by atoms with van der Waals surface area (Å²) in [4.78, 5) is 4.08. The van der Waals surface area contributed by atoms with Gasteiger partial charge in [0.25, 0.3) is 0 Å². The van der Waals surface area contributed by atoms with Crippen LogP contribution in [0.1, 0.15) is 16.8 Å². The third-order valence-electron chi connectivity index (χ3n) is 2.05. The molecule has 0 bridgehead atoms. The Hall–Kier alpha value is -1.29. The van der Waals surface area contributed by atoms with E-state index < -0.39 is 0 Å². The Labute approximate surface area is 71.8 Å². The second-order valence-corrected chi connectivity index (χ2v) is 2.80. The van der Waals surface area contributed by atoms with Crippen LogP contribution in [0.25, 0.3) is 0 Å². The van der Waals surface area contributed by atoms with E-state index in [1.54, 1.807) is 0 Å². The van der Waals surface area contributed by atoms with E-state index in [9.17, 15) is 0 Å². The van der Waals surface area contributed by atoms with Crippen molar-refractivity contribution in [1.82, 2.24) is 4.98 Å². The first-order chi connectivity index (χ1) is 5.57. The molecule has 0 amide bonds. The fourth-order valence-electron chi connectivity index (χ4n) is 1.19. The van der Waals surface area contributed by atoms with E-state index in [4.69, 9.17) is 17.2 Å². The number of hydrogen-bond donors (Lipinski definition) is 3. The molecule has 0 unspecified atom stereocenters. The number of hydrogen-bond acceptors (Lipinski definition) is 4. The van der Waals surface area contributed by atoms with Gasteiger partial charge < -0.3 is 17.2 Å². The van der Waals surface area contributed by atoms with Gasteiger partial charge in [0.2, 0.25) is 0 Å². The summed E-state index contributed by atoms with van der Waals surface area (Å²) in [5.41, 5.74) is 20.1. The Balaban J connectivity index is 3.40. The van der Waals surface area contributed by atoms with Crippen LogP contribution in [-0.2, 0) is 6.54 Å². The molecule has 0 fully saturated rings. The monoisotopic (exact) mass is 166 g/mol. The lowest BCUT2D eigenvalue weighted by atomic mass is 10.1. The maximum Gasteiger partial charge on any atom is 0.128 e. The van der Waals surface area contributed by atoms with Crippen molar-refractivity contribution in [3.63, 3.8) is 0 Å². The molecule has 1 rings (SSSR count). The van der Waals surface area contributed by atoms with E-state index in [0.29, 0.717) is 18.1 Å². The number of nitrogens with two attached hydrogens (primary N) is 3. The number of nitrogen functional groups attached to an aromatic ring is 2. The van der Waals surface area contributed by atoms with Crippen molar-refractivity contribution < 1.29 is 0 Å². The van der Waals surface area contributed by atoms with Gasteiger partial charge in [0.05, 0.1) is 11.4 Å². The van der Waals surface area contributed by atoms with Gasteiger partial charge in [-0.3, -0.25) is 0 Å². The highest BCUT2D eigenvalue weighted by Crippen LogP contribution is 2.22. The van der Waals surface area contributed by atoms with Crippen molar-refractivity contribution in [1.29, 1.82) is 0 Å². The first-order valence-electron chi connectivity index (χ1n) is 3.79. The highest BCUT2D eigenvalue weighted by Gasteiger charge is 2.08. The second-order valence-electron chi connectivity index (χ2n) is 2.80. The van der Waals surface area contributed by atoms with E-state index in [-0.39, 0.29) is 0 Å². The summed E-state index contributed by atoms with van der Waals surface area (Å²) in [6.45, 7) is 4.12. The van der Waals surface area contributed by atoms with Crippen molar-refractivity contribution >= 4 is 11.5 Å². The van der Waals surface area contributed by atoms with Gasteiger partial charge in [-0.25, -0.2) is 4.98 Å². The summed E-state index contributed by atoms with van der Waals surface area (Å²) < 4.78 is 0. The van der Waals surface area contributed by atoms with Gasteiger partial charge >= 0.3 is 0 Å². The van der Waals surface area contributed by atoms with Crippen molar-refractivity contribution in [2.45, 2.75) is 20.4 Å². The molecular formula is C8H14N4. The fraction of sp³-hybridized carbons (Fsp3) is 0.375. The molecule has 4 nitrogen and oxygen atoms in total. The molecule has 12 heavy (non-hydrogen) atoms. The number of anilines is 2. The Morgan fingerprint density at radius 3 is 2.33 bits per heavy atom. The second kappa shape index (κ2) is 2.98. The molecule has 0 spiro atoms. The van der Waals surface area contributed by atoms with Crippen LogP contribution in [0.15, 0.2) is 0 Å². The van der Waals surface area contributed by atoms with E-state index in [0.717, 1.165) is 16.8 Å². The van der Waals surface area contributed by atoms with Crippen molar-refractivity contribution in [2.24, 2.45) is 5.73 Å². The van der Waals surface area contributed by atoms with Crippen LogP contribution in [0.4, 0.5) is 11.5 Å². The zero-order chi connectivity index (χ0) is 9.30. The van der Waals surface area contributed by atoms with Gasteiger partial charge in [-0.05, 0) is 19.4 Å². The zero-order valence-corrected chi connectivity index (χ0v) is 7.39. The summed E-state index contributed by atoms with van der Waals surface area (Å²) in [7, 11) is 0. The SMILES string of the molecule is Cc1nc(N)c(CN)c(C)c1N. The van der Waals surface area contributed by atoms with E-state index in [2.05, 4.69) is 4.98 Å². The lowest BCUT2D eigenvalue weighted by Gasteiger charge is -2.10. The first-order valence-corrected chi connectivity index (χ1v) is 3.79. The van der Waals surface area contributed by atoms with Crippen LogP contribution < -0.4 is 17.2 Å². The van der Waals surface area contributed by atoms with E-state index in [1.807, 2.05) is 13.8 Å². The third kappa shape index (κ3) is 1.21. The molecule has 0 aliphatic carbocycles. The summed E-state index contributed by atoms with van der Waals surface area (Å²) in [5.74, 6) is 0.488. The molecule has 0 aliphatic rings. The molecule has 0 aliphatic heterocycles. The molecule has 6 N–H and O–H groups in total. The maximum absolute atomic E-state index is 5.75. The number of rotatable bonds is 1. The topological polar surface area (TPSA) is 90.9 Å². The predicted octanol–water partition coefficient (Wildman–Crippen LogP) is 0.322. The van der Waals surface area contributed by atoms with Crippen LogP contribution in [0, 0.1) is 13.8 Å². The maximum atomic E-state index is 5.75. The quantitative estimate of drug-likeness (QED) is 0.560. The van der Waals surface area contributed by atoms with Gasteiger partial charge in [-0.15, -0.1) is 0 Å². The van der Waals surface area contributed by atoms with Gasteiger partial charge in [0.1, 0.15) is 5.82 Å². The van der Waals surface area contributed by atoms with Crippen molar-refractivity contribution in [3.8, 4) is 0 Å². The number of pyridine rings is 1. The summed E-state index contributed by atoms with van der Waals surface area (Å²) in [6, 6.07) is 0. The molecule has 66 valence electrons. The van der Waals surface area contributed by atoms with Crippen LogP contribution in [-0.4, -0.2) is 4.98 Å². The Morgan fingerprint density at radius 2 is 1.83 bits per heavy atom. The third-order valence-corrected chi connectivity index (χ3v) is 2.05. The summed E-state index contributed by atoms with van der Waals surface area (Å²) >= 11 is 0. The number of nitrogens with zero attached hydrogens (tertiary/aromatic N) is 1. The highest BCUT2D eigenvalue weighted by atomic mass is 14.9. The van der Waals surface area contributed by atoms with Crippen LogP contribution in [0.5, 0.6) is 0 Å². The van der Waals surface area contributed by atoms with Crippen molar-refractivity contribution in [2.75, 3.05) is 11.5 Å². The van der Waals surface area contributed by atoms with Gasteiger partial charge in [0, 0.05) is 12.1 Å². The molecule has 0 saturated heterocycles. The van der Waals surface area contributed by atoms with Crippen LogP contribution >= 0.6 is 0 Å². The van der Waals surface area contributed by atoms with Gasteiger partial charge in [-0.1, -0.05) is 0 Å². The zero-order valence-electron chi connectivity index (χ0n) is 7.39. The lowest BCUT2D eigenvalue weighted by Crippen LogP contribution is -2.10. The Morgan fingerprint density at radius 1 is 1.25 bits per heavy atom. The molecule has 0 atom stereocenters. The Bertz CT molecular complexity index is 306. The molecule has 0 radical (unpaired) electrons. The van der Waals surface area contributed by atoms with Gasteiger partial charge in [0.15, 0.2) is 0 Å². The largest absolute Gasteiger partial charge is 0.397 e. The normalized spacial score (nSPS) is 10.2. The first kappa shape index (κ1) is 8.80. The average molecular weight is 166 g/mol. The Kier molecular flexibility index (Phi) is 2.19. The van der Waals surface area contributed by atoms with E-state index in [1.165, 1.54) is 0 Å². The summed E-state index contributed by atoms with van der Waals surface area (Å²) in [5, 5.41) is 0. The lowest BCUT2D eigenvalue weighted by molar-refractivity contribution is 1.02. The van der Waals surface area contributed by atoms with Gasteiger partial charge in [-0.2, -0.15) is 0 Å². The average Bonchev–Trinajstić information content (AvgIpc) is 2.01. The molecule has 1 heterocycles. The fourth-order valence-corrected chi connectivity index (χ4v) is 1.19. The molecular weight excluding hydrogens is 152 g/mol. The number of aryl methyl sites for hydroxylation is 1. The predicted molar refractivity (Wildman–Crippen MR) is 50.4 cm³/mol. The smallest absolute Gasteiger partial charge is 0.128 e. The molecule has 0 aromatic carbocycles. The highest BCUT2D eigenvalue weighted by molar-refractivity contribution is 5.60. The minimum Gasteiger partial charge on any atom is -0.397 e. The molecule has 0 saturated carbocycles. The van der Waals surface area contributed by atoms with Crippen molar-refractivity contribution in [3.05, 3.63) is 16.8 Å². The van der Waals surface area contributed by atoms with Crippen LogP contribution in [0.2, 0.25) is 0 Å². The molecule has 1 aromatic rings. The van der Waals surface area contributed by atoms with Crippen LogP contribution in [0.3, 0.4) is 0 Å². The molecule has 4 heteroatoms.